The van der Waals surface area contributed by atoms with Gasteiger partial charge in [-0.1, -0.05) is 12.1 Å². The minimum atomic E-state index is 0.612. The first-order valence-electron chi connectivity index (χ1n) is 6.38. The maximum absolute atomic E-state index is 5.39. The summed E-state index contributed by atoms with van der Waals surface area (Å²) in [4.78, 5) is 0. The molecule has 0 atom stereocenters. The molecule has 2 aliphatic rings. The number of rotatable bonds is 2. The van der Waals surface area contributed by atoms with Gasteiger partial charge in [0.15, 0.2) is 0 Å². The molecule has 0 unspecified atom stereocenters. The maximum Gasteiger partial charge on any atom is 0.0485 e. The summed E-state index contributed by atoms with van der Waals surface area (Å²) in [7, 11) is 0. The van der Waals surface area contributed by atoms with Crippen LogP contribution in [0, 0.1) is 0 Å². The highest BCUT2D eigenvalue weighted by molar-refractivity contribution is 5.57. The summed E-state index contributed by atoms with van der Waals surface area (Å²) in [6, 6.07) is 7.31. The summed E-state index contributed by atoms with van der Waals surface area (Å²) in [5, 5.41) is 3.70. The molecule has 1 fully saturated rings. The molecule has 3 rings (SSSR count). The third kappa shape index (κ3) is 1.94. The lowest BCUT2D eigenvalue weighted by molar-refractivity contribution is 0.0904. The molecule has 2 heteroatoms. The van der Waals surface area contributed by atoms with Crippen LogP contribution in [0.1, 0.15) is 30.4 Å². The molecule has 1 saturated heterocycles. The van der Waals surface area contributed by atoms with Crippen LogP contribution in [0.15, 0.2) is 18.2 Å². The van der Waals surface area contributed by atoms with E-state index in [1.807, 2.05) is 0 Å². The van der Waals surface area contributed by atoms with E-state index in [1.54, 1.807) is 11.1 Å². The first-order chi connectivity index (χ1) is 7.93. The van der Waals surface area contributed by atoms with Crippen molar-refractivity contribution in [2.24, 2.45) is 0 Å². The Morgan fingerprint density at radius 1 is 1.12 bits per heavy atom. The van der Waals surface area contributed by atoms with Gasteiger partial charge in [-0.3, -0.25) is 0 Å². The van der Waals surface area contributed by atoms with Crippen molar-refractivity contribution in [1.29, 1.82) is 0 Å². The number of hydrogen-bond donors (Lipinski definition) is 1. The van der Waals surface area contributed by atoms with E-state index in [2.05, 4.69) is 23.5 Å². The van der Waals surface area contributed by atoms with E-state index >= 15 is 0 Å². The Morgan fingerprint density at radius 3 is 2.88 bits per heavy atom. The van der Waals surface area contributed by atoms with Crippen LogP contribution in [0.25, 0.3) is 0 Å². The van der Waals surface area contributed by atoms with E-state index in [0.717, 1.165) is 26.1 Å². The molecule has 1 aromatic carbocycles. The van der Waals surface area contributed by atoms with E-state index in [4.69, 9.17) is 4.74 Å². The molecule has 1 heterocycles. The van der Waals surface area contributed by atoms with Crippen molar-refractivity contribution in [3.05, 3.63) is 29.3 Å². The van der Waals surface area contributed by atoms with Crippen LogP contribution in [0.3, 0.4) is 0 Å². The van der Waals surface area contributed by atoms with Gasteiger partial charge in [0.1, 0.15) is 0 Å². The summed E-state index contributed by atoms with van der Waals surface area (Å²) in [5.74, 6) is 0. The molecular formula is C14H19NO. The fraction of sp³-hybridized carbons (Fsp3) is 0.571. The Bertz CT molecular complexity index is 369. The van der Waals surface area contributed by atoms with Crippen LogP contribution < -0.4 is 5.32 Å². The molecule has 0 spiro atoms. The second-order valence-corrected chi connectivity index (χ2v) is 4.83. The Kier molecular flexibility index (Phi) is 2.83. The first kappa shape index (κ1) is 10.2. The lowest BCUT2D eigenvalue weighted by Crippen LogP contribution is -2.28. The second-order valence-electron chi connectivity index (χ2n) is 4.83. The summed E-state index contributed by atoms with van der Waals surface area (Å²) in [5.41, 5.74) is 4.49. The lowest BCUT2D eigenvalue weighted by atomic mass is 10.0. The maximum atomic E-state index is 5.39. The molecule has 16 heavy (non-hydrogen) atoms. The first-order valence-corrected chi connectivity index (χ1v) is 6.38. The number of anilines is 1. The summed E-state index contributed by atoms with van der Waals surface area (Å²) in [6.07, 6.45) is 6.12. The van der Waals surface area contributed by atoms with Crippen molar-refractivity contribution in [2.45, 2.75) is 38.1 Å². The second kappa shape index (κ2) is 4.46. The number of hydrogen-bond acceptors (Lipinski definition) is 2. The molecule has 86 valence electrons. The van der Waals surface area contributed by atoms with Gasteiger partial charge in [0.05, 0.1) is 0 Å². The number of fused-ring (bicyclic) bond motifs is 1. The van der Waals surface area contributed by atoms with Crippen LogP contribution in [-0.4, -0.2) is 19.3 Å². The molecule has 0 radical (unpaired) electrons. The Balaban J connectivity index is 1.76. The molecule has 1 aliphatic heterocycles. The van der Waals surface area contributed by atoms with E-state index in [9.17, 15) is 0 Å². The minimum Gasteiger partial charge on any atom is -0.382 e. The van der Waals surface area contributed by atoms with Crippen molar-refractivity contribution in [1.82, 2.24) is 0 Å². The number of aryl methyl sites for hydroxylation is 1. The summed E-state index contributed by atoms with van der Waals surface area (Å²) >= 11 is 0. The van der Waals surface area contributed by atoms with Gasteiger partial charge in [0.25, 0.3) is 0 Å². The van der Waals surface area contributed by atoms with Crippen molar-refractivity contribution >= 4 is 5.69 Å². The van der Waals surface area contributed by atoms with E-state index < -0.39 is 0 Å². The number of nitrogens with one attached hydrogen (secondary N) is 1. The van der Waals surface area contributed by atoms with Crippen LogP contribution in [0.2, 0.25) is 0 Å². The third-order valence-corrected chi connectivity index (χ3v) is 3.73. The quantitative estimate of drug-likeness (QED) is 0.822. The average molecular weight is 217 g/mol. The number of benzene rings is 1. The van der Waals surface area contributed by atoms with Gasteiger partial charge in [0.2, 0.25) is 0 Å². The molecule has 0 amide bonds. The van der Waals surface area contributed by atoms with Crippen LogP contribution in [-0.2, 0) is 17.6 Å². The van der Waals surface area contributed by atoms with Gasteiger partial charge >= 0.3 is 0 Å². The Morgan fingerprint density at radius 2 is 2.00 bits per heavy atom. The fourth-order valence-corrected chi connectivity index (χ4v) is 2.82. The van der Waals surface area contributed by atoms with Gasteiger partial charge in [-0.25, -0.2) is 0 Å². The molecule has 1 aromatic rings. The van der Waals surface area contributed by atoms with Gasteiger partial charge in [-0.15, -0.1) is 0 Å². The molecule has 0 aromatic heterocycles. The van der Waals surface area contributed by atoms with E-state index in [-0.39, 0.29) is 0 Å². The molecule has 0 bridgehead atoms. The summed E-state index contributed by atoms with van der Waals surface area (Å²) in [6.45, 7) is 1.82. The summed E-state index contributed by atoms with van der Waals surface area (Å²) < 4.78 is 5.39. The predicted molar refractivity (Wildman–Crippen MR) is 65.9 cm³/mol. The SMILES string of the molecule is c1cc2c(c(NC3CCOCC3)c1)CCC2. The van der Waals surface area contributed by atoms with Gasteiger partial charge in [-0.2, -0.15) is 0 Å². The Hall–Kier alpha value is -1.02. The standard InChI is InChI=1S/C14H19NO/c1-3-11-4-2-6-14(13(11)5-1)15-12-7-9-16-10-8-12/h2,4,6,12,15H,1,3,5,7-10H2. The molecular weight excluding hydrogens is 198 g/mol. The monoisotopic (exact) mass is 217 g/mol. The lowest BCUT2D eigenvalue weighted by Gasteiger charge is -2.25. The minimum absolute atomic E-state index is 0.612. The van der Waals surface area contributed by atoms with Gasteiger partial charge < -0.3 is 10.1 Å². The highest BCUT2D eigenvalue weighted by Gasteiger charge is 2.18. The van der Waals surface area contributed by atoms with Crippen LogP contribution in [0.4, 0.5) is 5.69 Å². The van der Waals surface area contributed by atoms with Crippen LogP contribution in [0.5, 0.6) is 0 Å². The van der Waals surface area contributed by atoms with Crippen molar-refractivity contribution < 1.29 is 4.74 Å². The molecule has 0 saturated carbocycles. The van der Waals surface area contributed by atoms with E-state index in [1.165, 1.54) is 24.9 Å². The average Bonchev–Trinajstić information content (AvgIpc) is 2.80. The van der Waals surface area contributed by atoms with Crippen LogP contribution >= 0.6 is 0 Å². The van der Waals surface area contributed by atoms with Crippen molar-refractivity contribution in [3.8, 4) is 0 Å². The van der Waals surface area contributed by atoms with E-state index in [0.29, 0.717) is 6.04 Å². The highest BCUT2D eigenvalue weighted by atomic mass is 16.5. The number of ether oxygens (including phenoxy) is 1. The van der Waals surface area contributed by atoms with Gasteiger partial charge in [0, 0.05) is 24.9 Å². The third-order valence-electron chi connectivity index (χ3n) is 3.73. The normalized spacial score (nSPS) is 20.8. The van der Waals surface area contributed by atoms with Crippen molar-refractivity contribution in [3.63, 3.8) is 0 Å². The zero-order chi connectivity index (χ0) is 10.8. The van der Waals surface area contributed by atoms with Gasteiger partial charge in [-0.05, 0) is 49.3 Å². The van der Waals surface area contributed by atoms with Crippen molar-refractivity contribution in [2.75, 3.05) is 18.5 Å². The predicted octanol–water partition coefficient (Wildman–Crippen LogP) is 2.77. The zero-order valence-electron chi connectivity index (χ0n) is 9.67. The topological polar surface area (TPSA) is 21.3 Å². The molecule has 1 aliphatic carbocycles. The largest absolute Gasteiger partial charge is 0.382 e. The smallest absolute Gasteiger partial charge is 0.0485 e. The highest BCUT2D eigenvalue weighted by Crippen LogP contribution is 2.29. The zero-order valence-corrected chi connectivity index (χ0v) is 9.67. The fourth-order valence-electron chi connectivity index (χ4n) is 2.82. The Labute approximate surface area is 97.0 Å². The molecule has 2 nitrogen and oxygen atoms in total. The molecule has 1 N–H and O–H groups in total.